The van der Waals surface area contributed by atoms with Gasteiger partial charge in [-0.1, -0.05) is 42.1 Å². The summed E-state index contributed by atoms with van der Waals surface area (Å²) in [7, 11) is 1.61. The number of hydrogen-bond donors (Lipinski definition) is 1. The number of methoxy groups -OCH3 is 1. The van der Waals surface area contributed by atoms with Crippen molar-refractivity contribution in [1.82, 2.24) is 15.2 Å². The number of amides is 1. The van der Waals surface area contributed by atoms with E-state index in [1.165, 1.54) is 23.1 Å². The predicted molar refractivity (Wildman–Crippen MR) is 118 cm³/mol. The van der Waals surface area contributed by atoms with Crippen molar-refractivity contribution in [1.29, 1.82) is 0 Å². The second kappa shape index (κ2) is 9.10. The average molecular weight is 439 g/mol. The Morgan fingerprint density at radius 2 is 1.87 bits per heavy atom. The molecule has 2 aromatic heterocycles. The largest absolute Gasteiger partial charge is 0.497 e. The van der Waals surface area contributed by atoms with E-state index in [0.29, 0.717) is 16.2 Å². The number of ether oxygens (including phenoxy) is 1. The molecule has 1 amide bonds. The van der Waals surface area contributed by atoms with Crippen molar-refractivity contribution < 1.29 is 13.9 Å². The Kier molecular flexibility index (Phi) is 6.10. The van der Waals surface area contributed by atoms with Gasteiger partial charge in [0.2, 0.25) is 11.8 Å². The van der Waals surface area contributed by atoms with E-state index in [-0.39, 0.29) is 11.7 Å². The maximum atomic E-state index is 12.3. The normalized spacial score (nSPS) is 10.7. The van der Waals surface area contributed by atoms with E-state index < -0.39 is 0 Å². The van der Waals surface area contributed by atoms with Crippen LogP contribution in [0.1, 0.15) is 4.88 Å². The van der Waals surface area contributed by atoms with E-state index >= 15 is 0 Å². The Labute approximate surface area is 181 Å². The highest BCUT2D eigenvalue weighted by Gasteiger charge is 2.14. The van der Waals surface area contributed by atoms with Gasteiger partial charge in [0.25, 0.3) is 5.22 Å². The lowest BCUT2D eigenvalue weighted by molar-refractivity contribution is -0.113. The van der Waals surface area contributed by atoms with E-state index in [4.69, 9.17) is 9.15 Å². The van der Waals surface area contributed by atoms with Crippen molar-refractivity contribution in [2.24, 2.45) is 0 Å². The number of nitrogens with one attached hydrogen (secondary N) is 1. The van der Waals surface area contributed by atoms with Crippen LogP contribution in [0, 0.1) is 6.92 Å². The second-order valence-electron chi connectivity index (χ2n) is 6.23. The molecule has 7 nitrogen and oxygen atoms in total. The summed E-state index contributed by atoms with van der Waals surface area (Å²) in [6.07, 6.45) is 0. The van der Waals surface area contributed by atoms with Crippen molar-refractivity contribution in [2.45, 2.75) is 12.1 Å². The van der Waals surface area contributed by atoms with Gasteiger partial charge in [0, 0.05) is 16.0 Å². The number of aromatic nitrogens is 3. The number of thioether (sulfide) groups is 1. The summed E-state index contributed by atoms with van der Waals surface area (Å²) < 4.78 is 10.8. The lowest BCUT2D eigenvalue weighted by Gasteiger charge is -2.00. The highest BCUT2D eigenvalue weighted by Crippen LogP contribution is 2.30. The van der Waals surface area contributed by atoms with Gasteiger partial charge < -0.3 is 14.5 Å². The van der Waals surface area contributed by atoms with Gasteiger partial charge in [-0.25, -0.2) is 4.98 Å². The number of carbonyl (C=O) groups excluding carboxylic acids is 1. The first-order valence-corrected chi connectivity index (χ1v) is 10.9. The summed E-state index contributed by atoms with van der Waals surface area (Å²) >= 11 is 2.63. The Morgan fingerprint density at radius 3 is 2.60 bits per heavy atom. The zero-order valence-corrected chi connectivity index (χ0v) is 17.9. The van der Waals surface area contributed by atoms with Crippen LogP contribution in [-0.2, 0) is 4.79 Å². The van der Waals surface area contributed by atoms with Crippen LogP contribution in [-0.4, -0.2) is 34.0 Å². The molecule has 0 saturated heterocycles. The molecule has 152 valence electrons. The van der Waals surface area contributed by atoms with Crippen LogP contribution in [0.15, 0.2) is 64.2 Å². The minimum Gasteiger partial charge on any atom is -0.497 e. The van der Waals surface area contributed by atoms with Gasteiger partial charge in [-0.05, 0) is 31.2 Å². The minimum absolute atomic E-state index is 0.142. The molecule has 0 unspecified atom stereocenters. The predicted octanol–water partition coefficient (Wildman–Crippen LogP) is 4.91. The fourth-order valence-corrected chi connectivity index (χ4v) is 4.13. The molecule has 4 rings (SSSR count). The molecule has 1 N–H and O–H groups in total. The second-order valence-corrected chi connectivity index (χ2v) is 8.36. The number of hydrogen-bond acceptors (Lipinski definition) is 8. The van der Waals surface area contributed by atoms with E-state index in [1.807, 2.05) is 61.5 Å². The molecular formula is C21H18N4O3S2. The number of aryl methyl sites for hydroxylation is 1. The number of anilines is 1. The molecule has 0 bridgehead atoms. The van der Waals surface area contributed by atoms with Gasteiger partial charge in [0.05, 0.1) is 18.6 Å². The fourth-order valence-electron chi connectivity index (χ4n) is 2.71. The third kappa shape index (κ3) is 4.69. The summed E-state index contributed by atoms with van der Waals surface area (Å²) in [6, 6.07) is 17.2. The van der Waals surface area contributed by atoms with Gasteiger partial charge in [-0.2, -0.15) is 0 Å². The average Bonchev–Trinajstić information content (AvgIpc) is 3.39. The number of thiazole rings is 1. The Balaban J connectivity index is 1.35. The molecule has 0 fully saturated rings. The van der Waals surface area contributed by atoms with Crippen LogP contribution < -0.4 is 10.1 Å². The smallest absolute Gasteiger partial charge is 0.277 e. The van der Waals surface area contributed by atoms with Crippen molar-refractivity contribution in [3.8, 4) is 28.5 Å². The van der Waals surface area contributed by atoms with Gasteiger partial charge in [0.15, 0.2) is 5.13 Å². The molecule has 0 aliphatic rings. The first-order valence-electron chi connectivity index (χ1n) is 9.06. The molecule has 0 aliphatic carbocycles. The summed E-state index contributed by atoms with van der Waals surface area (Å²) in [4.78, 5) is 17.9. The van der Waals surface area contributed by atoms with E-state index in [0.717, 1.165) is 27.4 Å². The molecule has 4 aromatic rings. The summed E-state index contributed by atoms with van der Waals surface area (Å²) in [5.74, 6) is 1.10. The molecule has 0 spiro atoms. The Morgan fingerprint density at radius 1 is 1.10 bits per heavy atom. The highest BCUT2D eigenvalue weighted by molar-refractivity contribution is 7.99. The monoisotopic (exact) mass is 438 g/mol. The molecule has 2 aromatic carbocycles. The van der Waals surface area contributed by atoms with Crippen molar-refractivity contribution in [2.75, 3.05) is 18.2 Å². The SMILES string of the molecule is COc1ccc(-c2nnc(SCC(=O)Nc3nc(-c4ccccc4)c(C)s3)o2)cc1. The molecule has 9 heteroatoms. The van der Waals surface area contributed by atoms with Crippen molar-refractivity contribution in [3.05, 3.63) is 59.5 Å². The third-order valence-electron chi connectivity index (χ3n) is 4.16. The molecule has 0 radical (unpaired) electrons. The van der Waals surface area contributed by atoms with Gasteiger partial charge >= 0.3 is 0 Å². The van der Waals surface area contributed by atoms with E-state index in [2.05, 4.69) is 20.5 Å². The van der Waals surface area contributed by atoms with Gasteiger partial charge in [-0.15, -0.1) is 21.5 Å². The summed E-state index contributed by atoms with van der Waals surface area (Å²) in [5, 5.41) is 11.8. The topological polar surface area (TPSA) is 90.1 Å². The molecular weight excluding hydrogens is 420 g/mol. The van der Waals surface area contributed by atoms with Gasteiger partial charge in [0.1, 0.15) is 5.75 Å². The molecule has 30 heavy (non-hydrogen) atoms. The molecule has 0 saturated carbocycles. The fraction of sp³-hybridized carbons (Fsp3) is 0.143. The molecule has 0 aliphatic heterocycles. The van der Waals surface area contributed by atoms with Crippen LogP contribution in [0.2, 0.25) is 0 Å². The Bertz CT molecular complexity index is 1140. The minimum atomic E-state index is -0.183. The summed E-state index contributed by atoms with van der Waals surface area (Å²) in [6.45, 7) is 1.99. The van der Waals surface area contributed by atoms with Gasteiger partial charge in [-0.3, -0.25) is 4.79 Å². The summed E-state index contributed by atoms with van der Waals surface area (Å²) in [5.41, 5.74) is 2.69. The highest BCUT2D eigenvalue weighted by atomic mass is 32.2. The zero-order valence-electron chi connectivity index (χ0n) is 16.3. The quantitative estimate of drug-likeness (QED) is 0.410. The maximum absolute atomic E-state index is 12.3. The number of benzene rings is 2. The lowest BCUT2D eigenvalue weighted by atomic mass is 10.1. The van der Waals surface area contributed by atoms with Crippen molar-refractivity contribution >= 4 is 34.1 Å². The van der Waals surface area contributed by atoms with Crippen LogP contribution in [0.3, 0.4) is 0 Å². The first-order chi connectivity index (χ1) is 14.6. The van der Waals surface area contributed by atoms with Crippen LogP contribution >= 0.6 is 23.1 Å². The van der Waals surface area contributed by atoms with E-state index in [1.54, 1.807) is 7.11 Å². The standard InChI is InChI=1S/C21H18N4O3S2/c1-13-18(14-6-4-3-5-7-14)23-20(30-13)22-17(26)12-29-21-25-24-19(28-21)15-8-10-16(27-2)11-9-15/h3-11H,12H2,1-2H3,(H,22,23,26). The van der Waals surface area contributed by atoms with Crippen LogP contribution in [0.4, 0.5) is 5.13 Å². The lowest BCUT2D eigenvalue weighted by Crippen LogP contribution is -2.13. The molecule has 2 heterocycles. The van der Waals surface area contributed by atoms with Crippen LogP contribution in [0.25, 0.3) is 22.7 Å². The van der Waals surface area contributed by atoms with E-state index in [9.17, 15) is 4.79 Å². The third-order valence-corrected chi connectivity index (χ3v) is 5.87. The number of carbonyl (C=O) groups is 1. The van der Waals surface area contributed by atoms with Crippen molar-refractivity contribution in [3.63, 3.8) is 0 Å². The Hall–Kier alpha value is -3.17. The number of nitrogens with zero attached hydrogens (tertiary/aromatic N) is 3. The molecule has 0 atom stereocenters. The zero-order chi connectivity index (χ0) is 20.9. The first kappa shape index (κ1) is 20.1. The number of rotatable bonds is 7. The maximum Gasteiger partial charge on any atom is 0.277 e. The van der Waals surface area contributed by atoms with Crippen LogP contribution in [0.5, 0.6) is 5.75 Å².